The highest BCUT2D eigenvalue weighted by Crippen LogP contribution is 2.03. The first-order valence-electron chi connectivity index (χ1n) is 3.93. The Morgan fingerprint density at radius 2 is 1.92 bits per heavy atom. The normalized spacial score (nSPS) is 10.7. The molecule has 0 spiro atoms. The van der Waals surface area contributed by atoms with E-state index in [2.05, 4.69) is 0 Å². The zero-order valence-electron chi connectivity index (χ0n) is 7.54. The van der Waals surface area contributed by atoms with Crippen molar-refractivity contribution >= 4 is 12.6 Å². The smallest absolute Gasteiger partial charge is 0.146 e. The molecule has 0 aliphatic rings. The summed E-state index contributed by atoms with van der Waals surface area (Å²) in [5, 5.41) is 0. The van der Waals surface area contributed by atoms with Crippen molar-refractivity contribution in [2.24, 2.45) is 0 Å². The number of rotatable bonds is 5. The number of carbonyl (C=O) groups is 2. The Hall–Kier alpha value is -1.18. The summed E-state index contributed by atoms with van der Waals surface area (Å²) < 4.78 is 0. The number of hydrogen-bond acceptors (Lipinski definition) is 2. The third-order valence-electron chi connectivity index (χ3n) is 1.42. The molecule has 0 fully saturated rings. The van der Waals surface area contributed by atoms with Crippen LogP contribution in [-0.2, 0) is 9.59 Å². The van der Waals surface area contributed by atoms with Crippen molar-refractivity contribution in [1.29, 1.82) is 0 Å². The highest BCUT2D eigenvalue weighted by atomic mass is 16.1. The van der Waals surface area contributed by atoms with Gasteiger partial charge in [0, 0.05) is 0 Å². The summed E-state index contributed by atoms with van der Waals surface area (Å²) in [4.78, 5) is 20.3. The summed E-state index contributed by atoms with van der Waals surface area (Å²) >= 11 is 0. The molecule has 0 saturated carbocycles. The van der Waals surface area contributed by atoms with Crippen molar-refractivity contribution in [2.75, 3.05) is 0 Å². The van der Waals surface area contributed by atoms with Gasteiger partial charge in [-0.1, -0.05) is 11.6 Å². The first-order chi connectivity index (χ1) is 5.70. The van der Waals surface area contributed by atoms with Crippen LogP contribution < -0.4 is 0 Å². The summed E-state index contributed by atoms with van der Waals surface area (Å²) in [6.07, 6.45) is 6.20. The molecule has 0 rings (SSSR count). The van der Waals surface area contributed by atoms with Crippen LogP contribution in [0.2, 0.25) is 0 Å². The van der Waals surface area contributed by atoms with Gasteiger partial charge in [-0.2, -0.15) is 0 Å². The lowest BCUT2D eigenvalue weighted by Crippen LogP contribution is -1.85. The van der Waals surface area contributed by atoms with Crippen LogP contribution in [0.4, 0.5) is 0 Å². The highest BCUT2D eigenvalue weighted by molar-refractivity contribution is 5.81. The van der Waals surface area contributed by atoms with Crippen LogP contribution in [-0.4, -0.2) is 12.6 Å². The maximum Gasteiger partial charge on any atom is 0.146 e. The molecule has 0 aliphatic carbocycles. The monoisotopic (exact) mass is 166 g/mol. The van der Waals surface area contributed by atoms with Crippen LogP contribution in [0.15, 0.2) is 23.3 Å². The minimum atomic E-state index is 0.558. The molecule has 0 heterocycles. The molecule has 0 N–H and O–H groups in total. The first-order valence-corrected chi connectivity index (χ1v) is 3.93. The molecule has 0 saturated heterocycles. The predicted molar refractivity (Wildman–Crippen MR) is 48.9 cm³/mol. The van der Waals surface area contributed by atoms with E-state index < -0.39 is 0 Å². The SMILES string of the molecule is CC(C)=CCC/C(C=O)=C\C=O. The second-order valence-corrected chi connectivity index (χ2v) is 2.82. The summed E-state index contributed by atoms with van der Waals surface area (Å²) in [6.45, 7) is 4.01. The van der Waals surface area contributed by atoms with Crippen molar-refractivity contribution in [2.45, 2.75) is 26.7 Å². The molecule has 0 bridgehead atoms. The third kappa shape index (κ3) is 5.59. The van der Waals surface area contributed by atoms with E-state index in [1.807, 2.05) is 19.9 Å². The molecule has 0 aromatic rings. The fourth-order valence-electron chi connectivity index (χ4n) is 0.796. The number of carbonyl (C=O) groups excluding carboxylic acids is 2. The summed E-state index contributed by atoms with van der Waals surface area (Å²) in [5.41, 5.74) is 1.79. The van der Waals surface area contributed by atoms with Crippen molar-refractivity contribution in [3.05, 3.63) is 23.3 Å². The lowest BCUT2D eigenvalue weighted by Gasteiger charge is -1.94. The Balaban J connectivity index is 3.89. The zero-order chi connectivity index (χ0) is 9.40. The Bertz CT molecular complexity index is 208. The van der Waals surface area contributed by atoms with Crippen LogP contribution in [0.3, 0.4) is 0 Å². The quantitative estimate of drug-likeness (QED) is 0.356. The fourth-order valence-corrected chi connectivity index (χ4v) is 0.796. The molecular formula is C10H14O2. The van der Waals surface area contributed by atoms with Crippen molar-refractivity contribution in [3.8, 4) is 0 Å². The van der Waals surface area contributed by atoms with Crippen LogP contribution in [0, 0.1) is 0 Å². The summed E-state index contributed by atoms with van der Waals surface area (Å²) in [7, 11) is 0. The minimum absolute atomic E-state index is 0.558. The van der Waals surface area contributed by atoms with Gasteiger partial charge in [-0.3, -0.25) is 9.59 Å². The van der Waals surface area contributed by atoms with Gasteiger partial charge in [0.2, 0.25) is 0 Å². The number of aldehydes is 2. The van der Waals surface area contributed by atoms with Gasteiger partial charge in [0.05, 0.1) is 0 Å². The van der Waals surface area contributed by atoms with Gasteiger partial charge < -0.3 is 0 Å². The molecule has 0 radical (unpaired) electrons. The third-order valence-corrected chi connectivity index (χ3v) is 1.42. The van der Waals surface area contributed by atoms with Gasteiger partial charge in [0.25, 0.3) is 0 Å². The lowest BCUT2D eigenvalue weighted by molar-refractivity contribution is -0.106. The summed E-state index contributed by atoms with van der Waals surface area (Å²) in [5.74, 6) is 0. The van der Waals surface area contributed by atoms with Gasteiger partial charge in [-0.15, -0.1) is 0 Å². The van der Waals surface area contributed by atoms with Crippen LogP contribution >= 0.6 is 0 Å². The van der Waals surface area contributed by atoms with E-state index in [-0.39, 0.29) is 0 Å². The van der Waals surface area contributed by atoms with E-state index in [1.165, 1.54) is 11.6 Å². The second kappa shape index (κ2) is 6.53. The molecular weight excluding hydrogens is 152 g/mol. The molecule has 0 aromatic carbocycles. The second-order valence-electron chi connectivity index (χ2n) is 2.82. The van der Waals surface area contributed by atoms with Crippen molar-refractivity contribution < 1.29 is 9.59 Å². The minimum Gasteiger partial charge on any atom is -0.299 e. The largest absolute Gasteiger partial charge is 0.299 e. The topological polar surface area (TPSA) is 34.1 Å². The number of allylic oxidation sites excluding steroid dienone is 4. The Morgan fingerprint density at radius 1 is 1.25 bits per heavy atom. The predicted octanol–water partition coefficient (Wildman–Crippen LogP) is 2.06. The van der Waals surface area contributed by atoms with Gasteiger partial charge >= 0.3 is 0 Å². The van der Waals surface area contributed by atoms with Crippen LogP contribution in [0.5, 0.6) is 0 Å². The van der Waals surface area contributed by atoms with E-state index in [0.29, 0.717) is 18.3 Å². The van der Waals surface area contributed by atoms with E-state index in [4.69, 9.17) is 0 Å². The molecule has 12 heavy (non-hydrogen) atoms. The van der Waals surface area contributed by atoms with E-state index >= 15 is 0 Å². The lowest BCUT2D eigenvalue weighted by atomic mass is 10.1. The average molecular weight is 166 g/mol. The summed E-state index contributed by atoms with van der Waals surface area (Å²) in [6, 6.07) is 0. The van der Waals surface area contributed by atoms with Gasteiger partial charge in [0.15, 0.2) is 0 Å². The van der Waals surface area contributed by atoms with E-state index in [1.54, 1.807) is 0 Å². The van der Waals surface area contributed by atoms with Gasteiger partial charge in [-0.25, -0.2) is 0 Å². The Labute approximate surface area is 73.0 Å². The molecule has 2 nitrogen and oxygen atoms in total. The molecule has 66 valence electrons. The van der Waals surface area contributed by atoms with Crippen LogP contribution in [0.25, 0.3) is 0 Å². The number of hydrogen-bond donors (Lipinski definition) is 0. The average Bonchev–Trinajstić information content (AvgIpc) is 2.02. The Kier molecular flexibility index (Phi) is 5.88. The maximum atomic E-state index is 10.3. The molecule has 0 amide bonds. The zero-order valence-corrected chi connectivity index (χ0v) is 7.54. The van der Waals surface area contributed by atoms with Gasteiger partial charge in [-0.05, 0) is 38.3 Å². The molecule has 0 aromatic heterocycles. The highest BCUT2D eigenvalue weighted by Gasteiger charge is 1.92. The Morgan fingerprint density at radius 3 is 2.33 bits per heavy atom. The molecule has 0 aliphatic heterocycles. The van der Waals surface area contributed by atoms with Crippen LogP contribution in [0.1, 0.15) is 26.7 Å². The molecule has 0 unspecified atom stereocenters. The molecule has 0 atom stereocenters. The molecule has 2 heteroatoms. The van der Waals surface area contributed by atoms with Crippen molar-refractivity contribution in [3.63, 3.8) is 0 Å². The maximum absolute atomic E-state index is 10.3. The fraction of sp³-hybridized carbons (Fsp3) is 0.400. The standard InChI is InChI=1S/C10H14O2/c1-9(2)4-3-5-10(8-12)6-7-11/h4,6-8H,3,5H2,1-2H3/b10-6+. The van der Waals surface area contributed by atoms with E-state index in [0.717, 1.165) is 12.7 Å². The first kappa shape index (κ1) is 10.8. The van der Waals surface area contributed by atoms with E-state index in [9.17, 15) is 9.59 Å². The van der Waals surface area contributed by atoms with Gasteiger partial charge in [0.1, 0.15) is 12.6 Å². The van der Waals surface area contributed by atoms with Crippen molar-refractivity contribution in [1.82, 2.24) is 0 Å².